The number of aliphatic hydroxyl groups is 2. The number of benzene rings is 5. The number of carbonyl (C=O) groups excluding carboxylic acids is 2. The molecule has 20 heteroatoms. The van der Waals surface area contributed by atoms with Crippen molar-refractivity contribution in [2.45, 2.75) is 98.1 Å². The number of nitrogens with one attached hydrogen (secondary N) is 2. The van der Waals surface area contributed by atoms with Crippen molar-refractivity contribution in [3.05, 3.63) is 168 Å². The van der Waals surface area contributed by atoms with Crippen molar-refractivity contribution < 1.29 is 56.0 Å². The molecule has 18 nitrogen and oxygen atoms in total. The molecule has 2 saturated carbocycles. The van der Waals surface area contributed by atoms with Gasteiger partial charge in [-0.05, 0) is 141 Å². The van der Waals surface area contributed by atoms with Gasteiger partial charge in [-0.25, -0.2) is 26.8 Å². The Morgan fingerprint density at radius 1 is 0.573 bits per heavy atom. The number of aliphatic hydroxyl groups excluding tert-OH is 2. The van der Waals surface area contributed by atoms with Crippen molar-refractivity contribution in [1.82, 2.24) is 18.6 Å². The SMILES string of the molecule is C.COc1ccc(C2(C(=O)Nc3cccc(-c4ccc(S(=O)(=O)N5CCC[C@@H]5CO)cc4)n3)CC2)cc1O.COc1ccc(C2(C(=O)Nc3cccc(-c4ccc(S(=O)(=O)N5CCC[C@@H]5CO)cc4)n3)CC2)cc1OCc1ccccc1. The van der Waals surface area contributed by atoms with E-state index >= 15 is 0 Å². The van der Waals surface area contributed by atoms with Gasteiger partial charge >= 0.3 is 0 Å². The summed E-state index contributed by atoms with van der Waals surface area (Å²) in [6.07, 6.45) is 5.49. The lowest BCUT2D eigenvalue weighted by molar-refractivity contribution is -0.119. The number of aromatic hydroxyl groups is 1. The van der Waals surface area contributed by atoms with Crippen molar-refractivity contribution in [3.63, 3.8) is 0 Å². The van der Waals surface area contributed by atoms with Crippen LogP contribution in [-0.2, 0) is 47.1 Å². The summed E-state index contributed by atoms with van der Waals surface area (Å²) in [5.74, 6) is 1.96. The number of carbonyl (C=O) groups is 2. The lowest BCUT2D eigenvalue weighted by Gasteiger charge is -2.22. The molecule has 2 aliphatic carbocycles. The predicted molar refractivity (Wildman–Crippen MR) is 312 cm³/mol. The van der Waals surface area contributed by atoms with Gasteiger partial charge in [0.2, 0.25) is 31.9 Å². The van der Waals surface area contributed by atoms with Crippen LogP contribution in [0.3, 0.4) is 0 Å². The Morgan fingerprint density at radius 3 is 1.45 bits per heavy atom. The second-order valence-corrected chi connectivity index (χ2v) is 24.4. The van der Waals surface area contributed by atoms with Crippen LogP contribution in [0.1, 0.15) is 75.5 Å². The highest BCUT2D eigenvalue weighted by Crippen LogP contribution is 2.52. The third-order valence-corrected chi connectivity index (χ3v) is 19.5. The van der Waals surface area contributed by atoms with E-state index in [9.17, 15) is 41.7 Å². The summed E-state index contributed by atoms with van der Waals surface area (Å²) in [6.45, 7) is 0.795. The molecule has 5 aromatic carbocycles. The minimum atomic E-state index is -3.71. The Labute approximate surface area is 478 Å². The fourth-order valence-corrected chi connectivity index (χ4v) is 14.0. The third-order valence-electron chi connectivity index (χ3n) is 15.6. The van der Waals surface area contributed by atoms with Gasteiger partial charge in [-0.2, -0.15) is 8.61 Å². The van der Waals surface area contributed by atoms with E-state index in [0.29, 0.717) is 104 Å². The largest absolute Gasteiger partial charge is 0.504 e. The molecule has 2 aliphatic heterocycles. The zero-order valence-corrected chi connectivity index (χ0v) is 46.5. The highest BCUT2D eigenvalue weighted by molar-refractivity contribution is 7.89. The Bertz CT molecular complexity index is 3640. The van der Waals surface area contributed by atoms with Gasteiger partial charge in [0.25, 0.3) is 0 Å². The van der Waals surface area contributed by atoms with E-state index < -0.39 is 30.9 Å². The normalized spacial score (nSPS) is 18.0. The van der Waals surface area contributed by atoms with Crippen LogP contribution in [0.5, 0.6) is 23.0 Å². The number of ether oxygens (including phenoxy) is 3. The summed E-state index contributed by atoms with van der Waals surface area (Å²) >= 11 is 0. The minimum Gasteiger partial charge on any atom is -0.504 e. The first-order valence-electron chi connectivity index (χ1n) is 26.9. The Morgan fingerprint density at radius 2 is 1.02 bits per heavy atom. The van der Waals surface area contributed by atoms with Gasteiger partial charge in [0.05, 0.1) is 59.4 Å². The molecule has 0 radical (unpaired) electrons. The molecule has 4 heterocycles. The number of hydrogen-bond donors (Lipinski definition) is 5. The van der Waals surface area contributed by atoms with Crippen LogP contribution in [0.4, 0.5) is 11.6 Å². The quantitative estimate of drug-likeness (QED) is 0.0507. The van der Waals surface area contributed by atoms with Crippen molar-refractivity contribution in [2.24, 2.45) is 0 Å². The number of rotatable bonds is 19. The maximum atomic E-state index is 13.6. The molecule has 2 aromatic heterocycles. The average Bonchev–Trinajstić information content (AvgIpc) is 3.79. The van der Waals surface area contributed by atoms with E-state index in [4.69, 9.17) is 14.2 Å². The van der Waals surface area contributed by atoms with Crippen LogP contribution in [0.25, 0.3) is 22.5 Å². The molecule has 5 N–H and O–H groups in total. The van der Waals surface area contributed by atoms with E-state index in [1.54, 1.807) is 104 Å². The molecule has 82 heavy (non-hydrogen) atoms. The van der Waals surface area contributed by atoms with Crippen molar-refractivity contribution in [1.29, 1.82) is 0 Å². The average molecular weight is 1150 g/mol. The highest BCUT2D eigenvalue weighted by Gasteiger charge is 2.53. The summed E-state index contributed by atoms with van der Waals surface area (Å²) in [5, 5.41) is 35.2. The van der Waals surface area contributed by atoms with Gasteiger partial charge in [0.1, 0.15) is 18.2 Å². The van der Waals surface area contributed by atoms with Crippen LogP contribution in [0, 0.1) is 0 Å². The van der Waals surface area contributed by atoms with Gasteiger partial charge in [-0.3, -0.25) is 9.59 Å². The molecule has 2 atom stereocenters. The predicted octanol–water partition coefficient (Wildman–Crippen LogP) is 9.07. The van der Waals surface area contributed by atoms with Crippen LogP contribution in [0.15, 0.2) is 161 Å². The Hall–Kier alpha value is -7.72. The molecule has 0 unspecified atom stereocenters. The monoisotopic (exact) mass is 1150 g/mol. The second-order valence-electron chi connectivity index (χ2n) is 20.7. The fourth-order valence-electron chi connectivity index (χ4n) is 10.6. The number of methoxy groups -OCH3 is 2. The first-order chi connectivity index (χ1) is 39.1. The van der Waals surface area contributed by atoms with Gasteiger partial charge in [-0.15, -0.1) is 0 Å². The molecule has 4 fully saturated rings. The van der Waals surface area contributed by atoms with E-state index in [-0.39, 0.29) is 60.1 Å². The third kappa shape index (κ3) is 12.2. The molecule has 11 rings (SSSR count). The zero-order chi connectivity index (χ0) is 56.9. The first kappa shape index (κ1) is 58.9. The van der Waals surface area contributed by atoms with Crippen LogP contribution >= 0.6 is 0 Å². The van der Waals surface area contributed by atoms with Crippen LogP contribution < -0.4 is 24.8 Å². The maximum Gasteiger partial charge on any atom is 0.243 e. The number of pyridine rings is 2. The second kappa shape index (κ2) is 24.8. The summed E-state index contributed by atoms with van der Waals surface area (Å²) < 4.78 is 71.8. The van der Waals surface area contributed by atoms with Crippen molar-refractivity contribution in [3.8, 4) is 45.5 Å². The van der Waals surface area contributed by atoms with E-state index in [1.165, 1.54) is 15.7 Å². The lowest BCUT2D eigenvalue weighted by Crippen LogP contribution is -2.37. The molecule has 2 saturated heterocycles. The van der Waals surface area contributed by atoms with Gasteiger partial charge in [0.15, 0.2) is 23.0 Å². The molecule has 0 bridgehead atoms. The lowest BCUT2D eigenvalue weighted by atomic mass is 9.94. The smallest absolute Gasteiger partial charge is 0.243 e. The number of phenols is 1. The molecular weight excluding hydrogens is 1080 g/mol. The van der Waals surface area contributed by atoms with Gasteiger partial charge in [-0.1, -0.05) is 86.3 Å². The van der Waals surface area contributed by atoms with E-state index in [2.05, 4.69) is 20.6 Å². The molecule has 0 spiro atoms. The number of anilines is 2. The Balaban J connectivity index is 0.000000198. The van der Waals surface area contributed by atoms with Crippen molar-refractivity contribution >= 4 is 43.5 Å². The molecule has 4 aliphatic rings. The number of nitrogens with zero attached hydrogens (tertiary/aromatic N) is 4. The molecule has 7 aromatic rings. The molecule has 2 amide bonds. The number of aromatic nitrogens is 2. The standard InChI is InChI=1S/C34H35N3O6S.C27H29N3O6S.CH4/c1-42-30-17-14-26(21-31(30)43-23-24-7-3-2-4-8-24)34(18-19-34)33(39)36-32-11-5-10-29(35-32)25-12-15-28(16-13-25)44(40,41)37-20-6-9-27(37)22-38;1-36-24-12-9-19(16-23(24)32)27(13-14-27)26(33)29-25-6-2-5-22(28-25)18-7-10-21(11-8-18)37(34,35)30-15-3-4-20(30)17-31;/h2-5,7-8,10-17,21,27,38H,6,9,18-20,22-23H2,1H3,(H,35,36,39);2,5-12,16,20,31-32H,3-4,13-15,17H2,1H3,(H,28,29,33);1H4/t27-;20-;/m11./s1. The number of amides is 2. The highest BCUT2D eigenvalue weighted by atomic mass is 32.2. The summed E-state index contributed by atoms with van der Waals surface area (Å²) in [4.78, 5) is 36.4. The summed E-state index contributed by atoms with van der Waals surface area (Å²) in [6, 6.07) is 43.3. The fraction of sp³-hybridized carbons (Fsp3) is 0.323. The van der Waals surface area contributed by atoms with Gasteiger partial charge in [0, 0.05) is 36.3 Å². The zero-order valence-electron chi connectivity index (χ0n) is 44.9. The molecular formula is C62H68N6O12S2. The number of hydrogen-bond acceptors (Lipinski definition) is 14. The van der Waals surface area contributed by atoms with Crippen molar-refractivity contribution in [2.75, 3.05) is 51.2 Å². The maximum absolute atomic E-state index is 13.6. The summed E-state index contributed by atoms with van der Waals surface area (Å²) in [5.41, 5.74) is 3.81. The van der Waals surface area contributed by atoms with E-state index in [1.807, 2.05) is 54.6 Å². The topological polar surface area (TPSA) is 247 Å². The van der Waals surface area contributed by atoms with Gasteiger partial charge < -0.3 is 40.2 Å². The van der Waals surface area contributed by atoms with Crippen LogP contribution in [0.2, 0.25) is 0 Å². The number of sulfonamides is 2. The Kier molecular flexibility index (Phi) is 17.8. The summed E-state index contributed by atoms with van der Waals surface area (Å²) in [7, 11) is -4.34. The first-order valence-corrected chi connectivity index (χ1v) is 29.8. The molecule has 430 valence electrons. The number of phenolic OH excluding ortho intramolecular Hbond substituents is 1. The van der Waals surface area contributed by atoms with Crippen LogP contribution in [-0.4, -0.2) is 115 Å². The van der Waals surface area contributed by atoms with E-state index in [0.717, 1.165) is 35.1 Å². The minimum absolute atomic E-state index is 0.